The van der Waals surface area contributed by atoms with Crippen molar-refractivity contribution in [1.29, 1.82) is 0 Å². The predicted molar refractivity (Wildman–Crippen MR) is 190 cm³/mol. The number of nitrogens with zero attached hydrogens (tertiary/aromatic N) is 3. The van der Waals surface area contributed by atoms with E-state index in [0.717, 1.165) is 16.8 Å². The van der Waals surface area contributed by atoms with Crippen molar-refractivity contribution in [2.75, 3.05) is 0 Å². The monoisotopic (exact) mass is 575 g/mol. The normalized spacial score (nSPS) is 12.4. The molecule has 3 heterocycles. The molecule has 0 amide bonds. The zero-order chi connectivity index (χ0) is 29.8. The molecule has 0 bridgehead atoms. The van der Waals surface area contributed by atoms with Gasteiger partial charge in [-0.1, -0.05) is 111 Å². The Hall–Kier alpha value is -5.67. The highest BCUT2D eigenvalue weighted by Gasteiger charge is 2.24. The predicted octanol–water partition coefficient (Wildman–Crippen LogP) is 11.2. The first kappa shape index (κ1) is 24.7. The lowest BCUT2D eigenvalue weighted by atomic mass is 9.86. The van der Waals surface area contributed by atoms with E-state index in [-0.39, 0.29) is 0 Å². The highest BCUT2D eigenvalue weighted by Crippen LogP contribution is 2.44. The molecule has 0 aliphatic heterocycles. The van der Waals surface area contributed by atoms with Gasteiger partial charge < -0.3 is 0 Å². The molecule has 0 aliphatic carbocycles. The van der Waals surface area contributed by atoms with Gasteiger partial charge in [0, 0.05) is 10.8 Å². The maximum atomic E-state index is 5.32. The Labute approximate surface area is 259 Å². The van der Waals surface area contributed by atoms with Gasteiger partial charge in [-0.05, 0) is 91.7 Å². The molecule has 0 spiro atoms. The molecule has 10 aromatic rings. The van der Waals surface area contributed by atoms with Crippen LogP contribution in [-0.4, -0.2) is 13.8 Å². The van der Waals surface area contributed by atoms with Gasteiger partial charge in [-0.2, -0.15) is 0 Å². The van der Waals surface area contributed by atoms with E-state index in [1.807, 2.05) is 0 Å². The standard InChI is InChI=1S/C42H29N3/c1-25(2)32-17-10-18-33(26-11-4-3-5-12-26)40(32)31-20-35-34-19-27-13-6-8-15-29(27)22-37(34)45-41(35)39(24-31)44-38-23-30-16-9-7-14-28(30)21-36(38)43-42(44)45/h3-25H,1-2H3. The molecule has 0 N–H and O–H groups in total. The van der Waals surface area contributed by atoms with Crippen LogP contribution in [-0.2, 0) is 0 Å². The molecule has 0 unspecified atom stereocenters. The van der Waals surface area contributed by atoms with Crippen molar-refractivity contribution in [3.63, 3.8) is 0 Å². The molecule has 3 heteroatoms. The fraction of sp³-hybridized carbons (Fsp3) is 0.0714. The molecule has 3 aromatic heterocycles. The second kappa shape index (κ2) is 8.93. The summed E-state index contributed by atoms with van der Waals surface area (Å²) in [5.41, 5.74) is 12.2. The molecule has 0 fully saturated rings. The summed E-state index contributed by atoms with van der Waals surface area (Å²) in [7, 11) is 0. The van der Waals surface area contributed by atoms with Gasteiger partial charge in [0.2, 0.25) is 5.78 Å². The van der Waals surface area contributed by atoms with E-state index in [9.17, 15) is 0 Å². The lowest BCUT2D eigenvalue weighted by molar-refractivity contribution is 0.869. The average molecular weight is 576 g/mol. The minimum Gasteiger partial charge on any atom is -0.277 e. The summed E-state index contributed by atoms with van der Waals surface area (Å²) in [5, 5.41) is 7.46. The van der Waals surface area contributed by atoms with Crippen LogP contribution in [0.15, 0.2) is 133 Å². The molecule has 0 atom stereocenters. The van der Waals surface area contributed by atoms with E-state index in [1.165, 1.54) is 76.7 Å². The van der Waals surface area contributed by atoms with Gasteiger partial charge in [0.25, 0.3) is 0 Å². The van der Waals surface area contributed by atoms with Crippen LogP contribution < -0.4 is 0 Å². The molecule has 0 saturated heterocycles. The van der Waals surface area contributed by atoms with E-state index in [2.05, 4.69) is 156 Å². The van der Waals surface area contributed by atoms with Crippen LogP contribution in [0.2, 0.25) is 0 Å². The number of fused-ring (bicyclic) bond motifs is 10. The smallest absolute Gasteiger partial charge is 0.220 e. The van der Waals surface area contributed by atoms with Crippen LogP contribution in [0.3, 0.4) is 0 Å². The third-order valence-corrected chi connectivity index (χ3v) is 9.75. The fourth-order valence-corrected chi connectivity index (χ4v) is 7.70. The lowest BCUT2D eigenvalue weighted by Gasteiger charge is -2.18. The lowest BCUT2D eigenvalue weighted by Crippen LogP contribution is -1.96. The number of imidazole rings is 2. The number of aromatic nitrogens is 3. The van der Waals surface area contributed by atoms with Crippen LogP contribution >= 0.6 is 0 Å². The average Bonchev–Trinajstić information content (AvgIpc) is 3.71. The Balaban J connectivity index is 1.42. The SMILES string of the molecule is CC(C)c1cccc(-c2ccccc2)c1-c1cc2c3cc4ccccc4cc3n3c2c(c1)n1c2cc4ccccc4cc2nc13. The van der Waals surface area contributed by atoms with Gasteiger partial charge in [-0.3, -0.25) is 8.80 Å². The van der Waals surface area contributed by atoms with Crippen molar-refractivity contribution < 1.29 is 0 Å². The first-order chi connectivity index (χ1) is 22.1. The maximum Gasteiger partial charge on any atom is 0.220 e. The van der Waals surface area contributed by atoms with E-state index in [4.69, 9.17) is 4.98 Å². The van der Waals surface area contributed by atoms with Crippen LogP contribution in [0.4, 0.5) is 0 Å². The fourth-order valence-electron chi connectivity index (χ4n) is 7.70. The minimum atomic E-state index is 0.370. The zero-order valence-electron chi connectivity index (χ0n) is 25.1. The summed E-state index contributed by atoms with van der Waals surface area (Å²) >= 11 is 0. The molecular weight excluding hydrogens is 546 g/mol. The molecular formula is C42H29N3. The molecule has 0 saturated carbocycles. The second-order valence-electron chi connectivity index (χ2n) is 12.7. The van der Waals surface area contributed by atoms with Crippen molar-refractivity contribution in [3.8, 4) is 22.3 Å². The maximum absolute atomic E-state index is 5.32. The van der Waals surface area contributed by atoms with Gasteiger partial charge >= 0.3 is 0 Å². The molecule has 212 valence electrons. The summed E-state index contributed by atoms with van der Waals surface area (Å²) < 4.78 is 4.79. The van der Waals surface area contributed by atoms with Gasteiger partial charge in [0.15, 0.2) is 0 Å². The van der Waals surface area contributed by atoms with Gasteiger partial charge in [-0.25, -0.2) is 4.98 Å². The van der Waals surface area contributed by atoms with Crippen molar-refractivity contribution in [3.05, 3.63) is 139 Å². The number of rotatable bonds is 3. The minimum absolute atomic E-state index is 0.370. The van der Waals surface area contributed by atoms with Gasteiger partial charge in [0.1, 0.15) is 0 Å². The van der Waals surface area contributed by atoms with E-state index in [0.29, 0.717) is 5.92 Å². The van der Waals surface area contributed by atoms with Gasteiger partial charge in [0.05, 0.1) is 27.6 Å². The van der Waals surface area contributed by atoms with E-state index < -0.39 is 0 Å². The van der Waals surface area contributed by atoms with Crippen molar-refractivity contribution in [1.82, 2.24) is 13.8 Å². The molecule has 10 rings (SSSR count). The van der Waals surface area contributed by atoms with Crippen molar-refractivity contribution in [2.45, 2.75) is 19.8 Å². The topological polar surface area (TPSA) is 21.7 Å². The number of hydrogen-bond acceptors (Lipinski definition) is 1. The summed E-state index contributed by atoms with van der Waals surface area (Å²) in [6.07, 6.45) is 0. The Morgan fingerprint density at radius 3 is 1.91 bits per heavy atom. The molecule has 0 radical (unpaired) electrons. The van der Waals surface area contributed by atoms with E-state index in [1.54, 1.807) is 0 Å². The summed E-state index contributed by atoms with van der Waals surface area (Å²) in [6, 6.07) is 49.0. The highest BCUT2D eigenvalue weighted by atomic mass is 15.2. The Morgan fingerprint density at radius 2 is 1.18 bits per heavy atom. The number of benzene rings is 7. The van der Waals surface area contributed by atoms with Crippen LogP contribution in [0, 0.1) is 0 Å². The van der Waals surface area contributed by atoms with Crippen LogP contribution in [0.5, 0.6) is 0 Å². The third kappa shape index (κ3) is 3.38. The summed E-state index contributed by atoms with van der Waals surface area (Å²) in [5.74, 6) is 1.33. The first-order valence-corrected chi connectivity index (χ1v) is 15.8. The molecule has 7 aromatic carbocycles. The molecule has 0 aliphatic rings. The van der Waals surface area contributed by atoms with Crippen molar-refractivity contribution >= 4 is 65.7 Å². The van der Waals surface area contributed by atoms with E-state index >= 15 is 0 Å². The van der Waals surface area contributed by atoms with Crippen molar-refractivity contribution in [2.24, 2.45) is 0 Å². The Bertz CT molecular complexity index is 2780. The largest absolute Gasteiger partial charge is 0.277 e. The van der Waals surface area contributed by atoms with Crippen LogP contribution in [0.1, 0.15) is 25.3 Å². The Kier molecular flexibility index (Phi) is 4.91. The summed E-state index contributed by atoms with van der Waals surface area (Å²) in [4.78, 5) is 5.32. The third-order valence-electron chi connectivity index (χ3n) is 9.75. The van der Waals surface area contributed by atoms with Crippen LogP contribution in [0.25, 0.3) is 87.9 Å². The second-order valence-corrected chi connectivity index (χ2v) is 12.7. The Morgan fingerprint density at radius 1 is 0.511 bits per heavy atom. The number of hydrogen-bond donors (Lipinski definition) is 0. The highest BCUT2D eigenvalue weighted by molar-refractivity contribution is 6.20. The molecule has 45 heavy (non-hydrogen) atoms. The first-order valence-electron chi connectivity index (χ1n) is 15.8. The van der Waals surface area contributed by atoms with Gasteiger partial charge in [-0.15, -0.1) is 0 Å². The summed E-state index contributed by atoms with van der Waals surface area (Å²) in [6.45, 7) is 4.60. The molecule has 3 nitrogen and oxygen atoms in total. The quantitative estimate of drug-likeness (QED) is 0.205. The zero-order valence-corrected chi connectivity index (χ0v) is 25.1.